The van der Waals surface area contributed by atoms with Gasteiger partial charge >= 0.3 is 7.82 Å². The Kier molecular flexibility index (Phi) is 6.24. The number of hydrogen-bond acceptors (Lipinski definition) is 10. The highest BCUT2D eigenvalue weighted by Crippen LogP contribution is 2.42. The molecule has 0 bridgehead atoms. The summed E-state index contributed by atoms with van der Waals surface area (Å²) >= 11 is 0. The first-order valence-electron chi connectivity index (χ1n) is 6.94. The predicted molar refractivity (Wildman–Crippen MR) is 83.4 cm³/mol. The summed E-state index contributed by atoms with van der Waals surface area (Å²) in [6.45, 7) is -1.64. The topological polar surface area (TPSA) is 195 Å². The standard InChI is InChI=1S/C11H18N5O8P/c1-22-25(20,21)23-4-6(2-17)24-7(3-18)16-5-13-8-9(16)14-11(12)15-10(8)19/h5-7,17-18H,2-4H2,1H3,(H,20,21)(H3,12,14,15,19)/t6-,7+/m0/s1. The molecule has 0 aliphatic rings. The highest BCUT2D eigenvalue weighted by Gasteiger charge is 2.25. The zero-order valence-electron chi connectivity index (χ0n) is 13.1. The monoisotopic (exact) mass is 379 g/mol. The number of phosphoric ester groups is 1. The van der Waals surface area contributed by atoms with Crippen molar-refractivity contribution in [1.29, 1.82) is 0 Å². The molecule has 0 amide bonds. The first-order valence-corrected chi connectivity index (χ1v) is 8.43. The lowest BCUT2D eigenvalue weighted by molar-refractivity contribution is -0.109. The number of H-pyrrole nitrogens is 1. The van der Waals surface area contributed by atoms with E-state index in [1.165, 1.54) is 10.9 Å². The summed E-state index contributed by atoms with van der Waals surface area (Å²) in [5, 5.41) is 18.9. The van der Waals surface area contributed by atoms with Gasteiger partial charge in [0.05, 0.1) is 26.1 Å². The van der Waals surface area contributed by atoms with E-state index in [9.17, 15) is 24.5 Å². The zero-order valence-corrected chi connectivity index (χ0v) is 14.0. The fourth-order valence-corrected chi connectivity index (χ4v) is 2.40. The van der Waals surface area contributed by atoms with E-state index >= 15 is 0 Å². The van der Waals surface area contributed by atoms with Crippen molar-refractivity contribution in [3.05, 3.63) is 16.7 Å². The number of aromatic nitrogens is 4. The Morgan fingerprint density at radius 1 is 1.44 bits per heavy atom. The Morgan fingerprint density at radius 3 is 2.76 bits per heavy atom. The van der Waals surface area contributed by atoms with Crippen molar-refractivity contribution in [3.8, 4) is 0 Å². The van der Waals surface area contributed by atoms with E-state index in [4.69, 9.17) is 10.5 Å². The highest BCUT2D eigenvalue weighted by molar-refractivity contribution is 7.47. The molecule has 0 saturated heterocycles. The van der Waals surface area contributed by atoms with Crippen LogP contribution in [0, 0.1) is 0 Å². The molecule has 14 heteroatoms. The molecular weight excluding hydrogens is 361 g/mol. The van der Waals surface area contributed by atoms with Crippen LogP contribution in [0.3, 0.4) is 0 Å². The van der Waals surface area contributed by atoms with Crippen LogP contribution in [-0.2, 0) is 18.3 Å². The molecule has 2 aromatic rings. The molecule has 3 atom stereocenters. The predicted octanol–water partition coefficient (Wildman–Crippen LogP) is -1.67. The Morgan fingerprint density at radius 2 is 2.16 bits per heavy atom. The molecule has 0 aliphatic heterocycles. The van der Waals surface area contributed by atoms with E-state index in [1.807, 2.05) is 0 Å². The van der Waals surface area contributed by atoms with Crippen LogP contribution in [0.1, 0.15) is 6.23 Å². The number of nitrogen functional groups attached to an aromatic ring is 1. The number of rotatable bonds is 9. The molecule has 2 aromatic heterocycles. The van der Waals surface area contributed by atoms with Crippen molar-refractivity contribution in [2.75, 3.05) is 32.7 Å². The molecule has 2 heterocycles. The molecular formula is C11H18N5O8P. The van der Waals surface area contributed by atoms with Crippen molar-refractivity contribution in [2.45, 2.75) is 12.3 Å². The first-order chi connectivity index (χ1) is 11.8. The molecule has 2 rings (SSSR count). The largest absolute Gasteiger partial charge is 0.472 e. The quantitative estimate of drug-likeness (QED) is 0.313. The Hall–Kier alpha value is -1.86. The number of nitrogens with zero attached hydrogens (tertiary/aromatic N) is 3. The van der Waals surface area contributed by atoms with Gasteiger partial charge < -0.3 is 25.6 Å². The van der Waals surface area contributed by atoms with Crippen molar-refractivity contribution < 1.29 is 33.5 Å². The number of aliphatic hydroxyl groups excluding tert-OH is 2. The maximum Gasteiger partial charge on any atom is 0.472 e. The van der Waals surface area contributed by atoms with Gasteiger partial charge in [-0.1, -0.05) is 0 Å². The average molecular weight is 379 g/mol. The van der Waals surface area contributed by atoms with Crippen LogP contribution >= 0.6 is 7.82 Å². The number of phosphoric acid groups is 1. The molecule has 0 aromatic carbocycles. The summed E-state index contributed by atoms with van der Waals surface area (Å²) in [5.41, 5.74) is 4.96. The summed E-state index contributed by atoms with van der Waals surface area (Å²) in [7, 11) is -3.27. The Bertz CT molecular complexity index is 822. The van der Waals surface area contributed by atoms with Crippen LogP contribution in [0.25, 0.3) is 11.2 Å². The fraction of sp³-hybridized carbons (Fsp3) is 0.545. The molecule has 6 N–H and O–H groups in total. The number of aliphatic hydroxyl groups is 2. The van der Waals surface area contributed by atoms with Crippen LogP contribution in [0.5, 0.6) is 0 Å². The number of hydrogen-bond donors (Lipinski definition) is 5. The smallest absolute Gasteiger partial charge is 0.394 e. The lowest BCUT2D eigenvalue weighted by atomic mass is 10.4. The number of nitrogens with one attached hydrogen (secondary N) is 1. The lowest BCUT2D eigenvalue weighted by Gasteiger charge is -2.23. The summed E-state index contributed by atoms with van der Waals surface area (Å²) in [6.07, 6.45) is -0.987. The molecule has 1 unspecified atom stereocenters. The minimum atomic E-state index is -4.25. The van der Waals surface area contributed by atoms with Crippen molar-refractivity contribution in [1.82, 2.24) is 19.5 Å². The Labute approximate surface area is 140 Å². The van der Waals surface area contributed by atoms with Crippen LogP contribution in [0.2, 0.25) is 0 Å². The molecule has 13 nitrogen and oxygen atoms in total. The third-order valence-corrected chi connectivity index (χ3v) is 4.06. The van der Waals surface area contributed by atoms with E-state index in [2.05, 4.69) is 24.0 Å². The SMILES string of the molecule is COP(=O)(O)OC[C@H](CO)O[C@H](CO)n1cnc2c(=O)[nH]c(N)nc21. The van der Waals surface area contributed by atoms with Crippen LogP contribution in [0.4, 0.5) is 5.95 Å². The second-order valence-corrected chi connectivity index (χ2v) is 6.36. The first kappa shape index (κ1) is 19.5. The van der Waals surface area contributed by atoms with Gasteiger partial charge in [-0.05, 0) is 0 Å². The van der Waals surface area contributed by atoms with Gasteiger partial charge in [0.25, 0.3) is 5.56 Å². The van der Waals surface area contributed by atoms with Crippen LogP contribution in [0.15, 0.2) is 11.1 Å². The van der Waals surface area contributed by atoms with E-state index in [0.29, 0.717) is 0 Å². The van der Waals surface area contributed by atoms with Gasteiger partial charge in [0.2, 0.25) is 5.95 Å². The molecule has 0 saturated carbocycles. The van der Waals surface area contributed by atoms with Gasteiger partial charge in [-0.2, -0.15) is 4.98 Å². The third kappa shape index (κ3) is 4.61. The lowest BCUT2D eigenvalue weighted by Crippen LogP contribution is -2.30. The summed E-state index contributed by atoms with van der Waals surface area (Å²) in [4.78, 5) is 31.0. The van der Waals surface area contributed by atoms with E-state index in [0.717, 1.165) is 7.11 Å². The van der Waals surface area contributed by atoms with Gasteiger partial charge in [-0.25, -0.2) is 9.55 Å². The van der Waals surface area contributed by atoms with Crippen LogP contribution < -0.4 is 11.3 Å². The van der Waals surface area contributed by atoms with E-state index in [1.54, 1.807) is 0 Å². The number of imidazole rings is 1. The maximum atomic E-state index is 11.8. The van der Waals surface area contributed by atoms with Gasteiger partial charge in [0, 0.05) is 7.11 Å². The molecule has 0 spiro atoms. The molecule has 0 aliphatic carbocycles. The number of anilines is 1. The van der Waals surface area contributed by atoms with Gasteiger partial charge in [0.15, 0.2) is 17.4 Å². The summed E-state index contributed by atoms with van der Waals surface area (Å²) < 4.78 is 26.8. The minimum absolute atomic E-state index is 0.0210. The molecule has 0 fully saturated rings. The third-order valence-electron chi connectivity index (χ3n) is 3.12. The minimum Gasteiger partial charge on any atom is -0.394 e. The molecule has 140 valence electrons. The number of aromatic amines is 1. The number of nitrogens with two attached hydrogens (primary N) is 1. The number of ether oxygens (including phenoxy) is 1. The second-order valence-electron chi connectivity index (χ2n) is 4.80. The fourth-order valence-electron chi connectivity index (χ4n) is 1.94. The molecule has 25 heavy (non-hydrogen) atoms. The van der Waals surface area contributed by atoms with E-state index < -0.39 is 45.5 Å². The zero-order chi connectivity index (χ0) is 18.6. The van der Waals surface area contributed by atoms with Gasteiger partial charge in [-0.15, -0.1) is 0 Å². The van der Waals surface area contributed by atoms with Crippen molar-refractivity contribution in [2.24, 2.45) is 0 Å². The Balaban J connectivity index is 2.21. The van der Waals surface area contributed by atoms with Gasteiger partial charge in [-0.3, -0.25) is 23.4 Å². The normalized spacial score (nSPS) is 16.6. The van der Waals surface area contributed by atoms with Crippen molar-refractivity contribution >= 4 is 24.9 Å². The maximum absolute atomic E-state index is 11.8. The molecule has 0 radical (unpaired) electrons. The highest BCUT2D eigenvalue weighted by atomic mass is 31.2. The average Bonchev–Trinajstić information content (AvgIpc) is 2.99. The second kappa shape index (κ2) is 8.01. The van der Waals surface area contributed by atoms with Gasteiger partial charge in [0.1, 0.15) is 6.10 Å². The van der Waals surface area contributed by atoms with E-state index in [-0.39, 0.29) is 17.1 Å². The number of fused-ring (bicyclic) bond motifs is 1. The summed E-state index contributed by atoms with van der Waals surface area (Å²) in [6, 6.07) is 0. The van der Waals surface area contributed by atoms with Crippen molar-refractivity contribution in [3.63, 3.8) is 0 Å². The summed E-state index contributed by atoms with van der Waals surface area (Å²) in [5.74, 6) is -0.153. The van der Waals surface area contributed by atoms with Crippen LogP contribution in [-0.4, -0.2) is 67.7 Å².